The van der Waals surface area contributed by atoms with Crippen molar-refractivity contribution in [2.45, 2.75) is 25.8 Å². The second kappa shape index (κ2) is 7.67. The fraction of sp³-hybridized carbons (Fsp3) is 0.625. The average Bonchev–Trinajstić information content (AvgIpc) is 2.55. The molecule has 0 aromatic carbocycles. The number of likely N-dealkylation sites (N-methyl/N-ethyl adjacent to an activating group) is 1. The predicted octanol–water partition coefficient (Wildman–Crippen LogP) is 1.13. The Balaban J connectivity index is 1.93. The van der Waals surface area contributed by atoms with Crippen molar-refractivity contribution in [2.75, 3.05) is 38.7 Å². The zero-order valence-corrected chi connectivity index (χ0v) is 13.3. The second-order valence-electron chi connectivity index (χ2n) is 6.07. The average molecular weight is 307 g/mol. The minimum Gasteiger partial charge on any atom is -0.396 e. The molecule has 1 saturated heterocycles. The lowest BCUT2D eigenvalue weighted by atomic mass is 9.80. The fourth-order valence-corrected chi connectivity index (χ4v) is 2.70. The maximum absolute atomic E-state index is 12.3. The number of hydrogen-bond acceptors (Lipinski definition) is 5. The van der Waals surface area contributed by atoms with Crippen LogP contribution in [0.5, 0.6) is 0 Å². The summed E-state index contributed by atoms with van der Waals surface area (Å²) in [6.07, 6.45) is 3.29. The highest BCUT2D eigenvalue weighted by Crippen LogP contribution is 2.31. The molecule has 2 heterocycles. The van der Waals surface area contributed by atoms with Crippen LogP contribution in [0.4, 0.5) is 5.82 Å². The normalized spacial score (nSPS) is 18.9. The molecule has 1 amide bonds. The first-order valence-electron chi connectivity index (χ1n) is 7.67. The van der Waals surface area contributed by atoms with Gasteiger partial charge in [-0.3, -0.25) is 9.69 Å². The fourth-order valence-electron chi connectivity index (χ4n) is 2.70. The van der Waals surface area contributed by atoms with Crippen molar-refractivity contribution >= 4 is 11.7 Å². The smallest absolute Gasteiger partial charge is 0.242 e. The number of hydrogen-bond donors (Lipinski definition) is 2. The Labute approximate surface area is 131 Å². The molecule has 1 aliphatic rings. The van der Waals surface area contributed by atoms with Gasteiger partial charge in [0.15, 0.2) is 0 Å². The van der Waals surface area contributed by atoms with Gasteiger partial charge in [-0.15, -0.1) is 0 Å². The van der Waals surface area contributed by atoms with Crippen LogP contribution in [-0.4, -0.2) is 60.4 Å². The molecule has 1 aromatic rings. The highest BCUT2D eigenvalue weighted by molar-refractivity contribution is 5.93. The number of nitrogens with zero attached hydrogens (tertiary/aromatic N) is 2. The van der Waals surface area contributed by atoms with Crippen molar-refractivity contribution in [3.63, 3.8) is 0 Å². The third-order valence-electron chi connectivity index (χ3n) is 4.43. The van der Waals surface area contributed by atoms with E-state index in [4.69, 9.17) is 4.74 Å². The molecule has 0 radical (unpaired) electrons. The number of rotatable bonds is 6. The molecule has 1 atom stereocenters. The SMILES string of the molecule is CC(C(=O)Nc1ccccn1)N(C)CC1(CO)CCOCC1. The first-order chi connectivity index (χ1) is 10.6. The van der Waals surface area contributed by atoms with Crippen LogP contribution in [0.25, 0.3) is 0 Å². The number of ether oxygens (including phenoxy) is 1. The molecule has 22 heavy (non-hydrogen) atoms. The van der Waals surface area contributed by atoms with E-state index in [1.54, 1.807) is 18.3 Å². The lowest BCUT2D eigenvalue weighted by molar-refractivity contribution is -0.121. The van der Waals surface area contributed by atoms with Crippen LogP contribution in [0.2, 0.25) is 0 Å². The first kappa shape index (κ1) is 16.9. The summed E-state index contributed by atoms with van der Waals surface area (Å²) >= 11 is 0. The highest BCUT2D eigenvalue weighted by atomic mass is 16.5. The van der Waals surface area contributed by atoms with Crippen LogP contribution in [-0.2, 0) is 9.53 Å². The Morgan fingerprint density at radius 1 is 1.50 bits per heavy atom. The van der Waals surface area contributed by atoms with Gasteiger partial charge >= 0.3 is 0 Å². The van der Waals surface area contributed by atoms with Gasteiger partial charge < -0.3 is 15.2 Å². The number of amides is 1. The minimum atomic E-state index is -0.298. The zero-order chi connectivity index (χ0) is 16.0. The first-order valence-corrected chi connectivity index (χ1v) is 7.67. The predicted molar refractivity (Wildman–Crippen MR) is 84.5 cm³/mol. The number of carbonyl (C=O) groups excluding carboxylic acids is 1. The Morgan fingerprint density at radius 3 is 2.82 bits per heavy atom. The molecular formula is C16H25N3O3. The quantitative estimate of drug-likeness (QED) is 0.824. The number of aromatic nitrogens is 1. The van der Waals surface area contributed by atoms with E-state index < -0.39 is 0 Å². The third kappa shape index (κ3) is 4.25. The molecule has 0 bridgehead atoms. The summed E-state index contributed by atoms with van der Waals surface area (Å²) in [5.74, 6) is 0.456. The molecular weight excluding hydrogens is 282 g/mol. The van der Waals surface area contributed by atoms with E-state index in [0.717, 1.165) is 12.8 Å². The Kier molecular flexibility index (Phi) is 5.88. The van der Waals surface area contributed by atoms with E-state index in [9.17, 15) is 9.90 Å². The molecule has 1 aromatic heterocycles. The van der Waals surface area contributed by atoms with Gasteiger partial charge in [0.25, 0.3) is 0 Å². The summed E-state index contributed by atoms with van der Waals surface area (Å²) in [6.45, 7) is 3.99. The van der Waals surface area contributed by atoms with Crippen molar-refractivity contribution in [3.05, 3.63) is 24.4 Å². The van der Waals surface area contributed by atoms with Gasteiger partial charge in [0.05, 0.1) is 12.6 Å². The molecule has 1 aliphatic heterocycles. The third-order valence-corrected chi connectivity index (χ3v) is 4.43. The summed E-state index contributed by atoms with van der Waals surface area (Å²) in [7, 11) is 1.91. The molecule has 0 spiro atoms. The van der Waals surface area contributed by atoms with Crippen LogP contribution in [0.1, 0.15) is 19.8 Å². The molecule has 122 valence electrons. The molecule has 0 saturated carbocycles. The maximum Gasteiger partial charge on any atom is 0.242 e. The molecule has 1 fully saturated rings. The largest absolute Gasteiger partial charge is 0.396 e. The van der Waals surface area contributed by atoms with E-state index in [0.29, 0.717) is 25.6 Å². The van der Waals surface area contributed by atoms with Crippen molar-refractivity contribution in [2.24, 2.45) is 5.41 Å². The number of anilines is 1. The minimum absolute atomic E-state index is 0.0960. The summed E-state index contributed by atoms with van der Waals surface area (Å²) in [4.78, 5) is 18.4. The highest BCUT2D eigenvalue weighted by Gasteiger charge is 2.35. The maximum atomic E-state index is 12.3. The standard InChI is InChI=1S/C16H25N3O3/c1-13(15(21)18-14-5-3-4-8-17-14)19(2)11-16(12-20)6-9-22-10-7-16/h3-5,8,13,20H,6-7,9-12H2,1-2H3,(H,17,18,21). The molecule has 6 nitrogen and oxygen atoms in total. The van der Waals surface area contributed by atoms with Gasteiger partial charge in [0, 0.05) is 31.4 Å². The molecule has 6 heteroatoms. The van der Waals surface area contributed by atoms with Gasteiger partial charge in [0.1, 0.15) is 5.82 Å². The van der Waals surface area contributed by atoms with Crippen molar-refractivity contribution in [1.82, 2.24) is 9.88 Å². The molecule has 2 N–H and O–H groups in total. The monoisotopic (exact) mass is 307 g/mol. The lowest BCUT2D eigenvalue weighted by Gasteiger charge is -2.39. The topological polar surface area (TPSA) is 74.7 Å². The van der Waals surface area contributed by atoms with Gasteiger partial charge in [-0.2, -0.15) is 0 Å². The molecule has 2 rings (SSSR count). The van der Waals surface area contributed by atoms with Crippen LogP contribution in [0, 0.1) is 5.41 Å². The Morgan fingerprint density at radius 2 is 2.23 bits per heavy atom. The van der Waals surface area contributed by atoms with Crippen LogP contribution in [0.15, 0.2) is 24.4 Å². The summed E-state index contributed by atoms with van der Waals surface area (Å²) < 4.78 is 5.38. The van der Waals surface area contributed by atoms with E-state index in [1.165, 1.54) is 0 Å². The Hall–Kier alpha value is -1.50. The van der Waals surface area contributed by atoms with E-state index in [2.05, 4.69) is 10.3 Å². The molecule has 1 unspecified atom stereocenters. The zero-order valence-electron chi connectivity index (χ0n) is 13.3. The van der Waals surface area contributed by atoms with Crippen LogP contribution in [0.3, 0.4) is 0 Å². The molecule has 0 aliphatic carbocycles. The number of aliphatic hydroxyl groups excluding tert-OH is 1. The number of nitrogens with one attached hydrogen (secondary N) is 1. The number of aliphatic hydroxyl groups is 1. The van der Waals surface area contributed by atoms with Crippen molar-refractivity contribution < 1.29 is 14.6 Å². The summed E-state index contributed by atoms with van der Waals surface area (Å²) in [5.41, 5.74) is -0.174. The van der Waals surface area contributed by atoms with E-state index >= 15 is 0 Å². The summed E-state index contributed by atoms with van der Waals surface area (Å²) in [5, 5.41) is 12.6. The number of pyridine rings is 1. The lowest BCUT2D eigenvalue weighted by Crippen LogP contribution is -2.48. The number of carbonyl (C=O) groups is 1. The van der Waals surface area contributed by atoms with Gasteiger partial charge in [-0.25, -0.2) is 4.98 Å². The van der Waals surface area contributed by atoms with E-state index in [-0.39, 0.29) is 24.0 Å². The van der Waals surface area contributed by atoms with Gasteiger partial charge in [-0.1, -0.05) is 6.07 Å². The van der Waals surface area contributed by atoms with Gasteiger partial charge in [-0.05, 0) is 38.9 Å². The second-order valence-corrected chi connectivity index (χ2v) is 6.07. The van der Waals surface area contributed by atoms with E-state index in [1.807, 2.05) is 24.9 Å². The van der Waals surface area contributed by atoms with Gasteiger partial charge in [0.2, 0.25) is 5.91 Å². The van der Waals surface area contributed by atoms with Crippen molar-refractivity contribution in [3.8, 4) is 0 Å². The summed E-state index contributed by atoms with van der Waals surface area (Å²) in [6, 6.07) is 5.10. The Bertz CT molecular complexity index is 475. The van der Waals surface area contributed by atoms with Crippen LogP contribution < -0.4 is 5.32 Å². The van der Waals surface area contributed by atoms with Crippen molar-refractivity contribution in [1.29, 1.82) is 0 Å². The van der Waals surface area contributed by atoms with Crippen LogP contribution >= 0.6 is 0 Å².